The summed E-state index contributed by atoms with van der Waals surface area (Å²) < 4.78 is 31.4. The van der Waals surface area contributed by atoms with Crippen LogP contribution in [0.3, 0.4) is 0 Å². The van der Waals surface area contributed by atoms with E-state index in [1.54, 1.807) is 12.1 Å². The first-order chi connectivity index (χ1) is 10.9. The zero-order chi connectivity index (χ0) is 16.9. The second-order valence-corrected chi connectivity index (χ2v) is 6.79. The van der Waals surface area contributed by atoms with E-state index in [0.717, 1.165) is 10.4 Å². The number of sulfonamides is 1. The van der Waals surface area contributed by atoms with E-state index in [0.29, 0.717) is 5.75 Å². The Morgan fingerprint density at radius 1 is 1.13 bits per heavy atom. The van der Waals surface area contributed by atoms with Gasteiger partial charge >= 0.3 is 0 Å². The number of nitrogens with zero attached hydrogens (tertiary/aromatic N) is 2. The van der Waals surface area contributed by atoms with Gasteiger partial charge in [-0.1, -0.05) is 24.3 Å². The Labute approximate surface area is 134 Å². The highest BCUT2D eigenvalue weighted by Crippen LogP contribution is 2.20. The van der Waals surface area contributed by atoms with Gasteiger partial charge in [-0.15, -0.1) is 0 Å². The van der Waals surface area contributed by atoms with Crippen molar-refractivity contribution in [1.82, 2.24) is 4.31 Å². The molecule has 122 valence electrons. The van der Waals surface area contributed by atoms with Gasteiger partial charge in [-0.2, -0.15) is 4.31 Å². The molecule has 0 aromatic heterocycles. The van der Waals surface area contributed by atoms with E-state index in [-0.39, 0.29) is 23.7 Å². The van der Waals surface area contributed by atoms with E-state index in [1.165, 1.54) is 25.2 Å². The lowest BCUT2D eigenvalue weighted by molar-refractivity contribution is -0.385. The third-order valence-electron chi connectivity index (χ3n) is 3.15. The molecule has 0 aliphatic rings. The second kappa shape index (κ2) is 7.21. The van der Waals surface area contributed by atoms with Crippen molar-refractivity contribution in [2.24, 2.45) is 0 Å². The van der Waals surface area contributed by atoms with E-state index < -0.39 is 14.9 Å². The molecule has 0 spiro atoms. The smallest absolute Gasteiger partial charge is 0.270 e. The van der Waals surface area contributed by atoms with Gasteiger partial charge in [0.15, 0.2) is 0 Å². The van der Waals surface area contributed by atoms with Gasteiger partial charge in [-0.25, -0.2) is 8.42 Å². The van der Waals surface area contributed by atoms with Crippen molar-refractivity contribution in [3.63, 3.8) is 0 Å². The van der Waals surface area contributed by atoms with Crippen LogP contribution in [0.4, 0.5) is 5.69 Å². The average molecular weight is 336 g/mol. The van der Waals surface area contributed by atoms with E-state index in [9.17, 15) is 18.5 Å². The summed E-state index contributed by atoms with van der Waals surface area (Å²) in [6.07, 6.45) is 0. The van der Waals surface area contributed by atoms with Crippen molar-refractivity contribution in [1.29, 1.82) is 0 Å². The topological polar surface area (TPSA) is 89.8 Å². The normalized spacial score (nSPS) is 11.4. The van der Waals surface area contributed by atoms with Gasteiger partial charge < -0.3 is 4.74 Å². The maximum atomic E-state index is 12.4. The number of ether oxygens (including phenoxy) is 1. The van der Waals surface area contributed by atoms with E-state index in [4.69, 9.17) is 4.74 Å². The Morgan fingerprint density at radius 2 is 1.83 bits per heavy atom. The molecule has 0 saturated carbocycles. The summed E-state index contributed by atoms with van der Waals surface area (Å²) in [5, 5.41) is 10.8. The van der Waals surface area contributed by atoms with Gasteiger partial charge in [0.05, 0.1) is 9.82 Å². The van der Waals surface area contributed by atoms with Gasteiger partial charge in [-0.05, 0) is 18.2 Å². The van der Waals surface area contributed by atoms with Crippen LogP contribution in [-0.2, 0) is 10.0 Å². The van der Waals surface area contributed by atoms with Crippen LogP contribution in [0.2, 0.25) is 0 Å². The van der Waals surface area contributed by atoms with Crippen LogP contribution in [0.25, 0.3) is 0 Å². The van der Waals surface area contributed by atoms with Crippen molar-refractivity contribution >= 4 is 15.7 Å². The van der Waals surface area contributed by atoms with Crippen LogP contribution in [-0.4, -0.2) is 37.8 Å². The molecule has 23 heavy (non-hydrogen) atoms. The Balaban J connectivity index is 2.04. The number of hydrogen-bond donors (Lipinski definition) is 0. The minimum atomic E-state index is -3.80. The van der Waals surface area contributed by atoms with Crippen molar-refractivity contribution in [2.45, 2.75) is 4.90 Å². The summed E-state index contributed by atoms with van der Waals surface area (Å²) in [5.74, 6) is 0.647. The molecule has 0 amide bonds. The summed E-state index contributed by atoms with van der Waals surface area (Å²) >= 11 is 0. The Hall–Kier alpha value is -2.45. The fraction of sp³-hybridized carbons (Fsp3) is 0.200. The minimum absolute atomic E-state index is 0.117. The maximum absolute atomic E-state index is 12.4. The van der Waals surface area contributed by atoms with E-state index in [1.807, 2.05) is 18.2 Å². The molecule has 0 aliphatic heterocycles. The number of para-hydroxylation sites is 1. The van der Waals surface area contributed by atoms with E-state index >= 15 is 0 Å². The molecule has 0 fully saturated rings. The average Bonchev–Trinajstić information content (AvgIpc) is 2.55. The molecule has 0 saturated heterocycles. The third kappa shape index (κ3) is 4.27. The highest BCUT2D eigenvalue weighted by atomic mass is 32.2. The summed E-state index contributed by atoms with van der Waals surface area (Å²) in [6, 6.07) is 14.0. The number of rotatable bonds is 7. The lowest BCUT2D eigenvalue weighted by atomic mass is 10.3. The SMILES string of the molecule is CN(CCOc1ccccc1)S(=O)(=O)c1cccc([N+](=O)[O-])c1. The Morgan fingerprint density at radius 3 is 2.48 bits per heavy atom. The number of non-ortho nitro benzene ring substituents is 1. The largest absolute Gasteiger partial charge is 0.492 e. The molecular formula is C15H16N2O5S. The molecule has 2 aromatic rings. The van der Waals surface area contributed by atoms with Gasteiger partial charge in [0.2, 0.25) is 10.0 Å². The van der Waals surface area contributed by atoms with Crippen LogP contribution < -0.4 is 4.74 Å². The van der Waals surface area contributed by atoms with Gasteiger partial charge in [-0.3, -0.25) is 10.1 Å². The van der Waals surface area contributed by atoms with Crippen LogP contribution in [0.5, 0.6) is 5.75 Å². The fourth-order valence-corrected chi connectivity index (χ4v) is 3.06. The van der Waals surface area contributed by atoms with Crippen molar-refractivity contribution in [2.75, 3.05) is 20.2 Å². The zero-order valence-electron chi connectivity index (χ0n) is 12.5. The molecular weight excluding hydrogens is 320 g/mol. The van der Waals surface area contributed by atoms with Crippen molar-refractivity contribution < 1.29 is 18.1 Å². The minimum Gasteiger partial charge on any atom is -0.492 e. The first-order valence-electron chi connectivity index (χ1n) is 6.80. The molecule has 0 radical (unpaired) electrons. The summed E-state index contributed by atoms with van der Waals surface area (Å²) in [5.41, 5.74) is -0.264. The lowest BCUT2D eigenvalue weighted by Crippen LogP contribution is -2.31. The highest BCUT2D eigenvalue weighted by Gasteiger charge is 2.22. The van der Waals surface area contributed by atoms with E-state index in [2.05, 4.69) is 0 Å². The van der Waals surface area contributed by atoms with Crippen LogP contribution in [0, 0.1) is 10.1 Å². The first-order valence-corrected chi connectivity index (χ1v) is 8.24. The lowest BCUT2D eigenvalue weighted by Gasteiger charge is -2.17. The summed E-state index contributed by atoms with van der Waals surface area (Å²) in [4.78, 5) is 10.0. The number of benzene rings is 2. The number of nitro groups is 1. The summed E-state index contributed by atoms with van der Waals surface area (Å²) in [7, 11) is -2.40. The molecule has 0 atom stereocenters. The Kier molecular flexibility index (Phi) is 5.30. The number of hydrogen-bond acceptors (Lipinski definition) is 5. The molecule has 0 unspecified atom stereocenters. The Bertz CT molecular complexity index is 777. The molecule has 0 bridgehead atoms. The zero-order valence-corrected chi connectivity index (χ0v) is 13.3. The summed E-state index contributed by atoms with van der Waals surface area (Å²) in [6.45, 7) is 0.300. The molecule has 8 heteroatoms. The quantitative estimate of drug-likeness (QED) is 0.571. The maximum Gasteiger partial charge on any atom is 0.270 e. The van der Waals surface area contributed by atoms with Gasteiger partial charge in [0.1, 0.15) is 12.4 Å². The third-order valence-corrected chi connectivity index (χ3v) is 5.01. The molecule has 2 aromatic carbocycles. The van der Waals surface area contributed by atoms with Crippen molar-refractivity contribution in [3.05, 3.63) is 64.7 Å². The number of likely N-dealkylation sites (N-methyl/N-ethyl adjacent to an activating group) is 1. The molecule has 7 nitrogen and oxygen atoms in total. The van der Waals surface area contributed by atoms with Crippen molar-refractivity contribution in [3.8, 4) is 5.75 Å². The molecule has 0 N–H and O–H groups in total. The van der Waals surface area contributed by atoms with Gasteiger partial charge in [0.25, 0.3) is 5.69 Å². The molecule has 0 heterocycles. The van der Waals surface area contributed by atoms with Gasteiger partial charge in [0, 0.05) is 25.7 Å². The first kappa shape index (κ1) is 16.9. The van der Waals surface area contributed by atoms with Crippen LogP contribution >= 0.6 is 0 Å². The number of nitro benzene ring substituents is 1. The predicted molar refractivity (Wildman–Crippen MR) is 84.8 cm³/mol. The predicted octanol–water partition coefficient (Wildman–Crippen LogP) is 2.29. The molecule has 2 rings (SSSR count). The van der Waals surface area contributed by atoms with Crippen LogP contribution in [0.1, 0.15) is 0 Å². The second-order valence-electron chi connectivity index (χ2n) is 4.74. The van der Waals surface area contributed by atoms with Crippen LogP contribution in [0.15, 0.2) is 59.5 Å². The fourth-order valence-electron chi connectivity index (χ4n) is 1.87. The molecule has 0 aliphatic carbocycles. The monoisotopic (exact) mass is 336 g/mol. The standard InChI is InChI=1S/C15H16N2O5S/c1-16(10-11-22-14-7-3-2-4-8-14)23(20,21)15-9-5-6-13(12-15)17(18)19/h2-9,12H,10-11H2,1H3. The highest BCUT2D eigenvalue weighted by molar-refractivity contribution is 7.89.